The van der Waals surface area contributed by atoms with Crippen molar-refractivity contribution in [2.45, 2.75) is 0 Å². The van der Waals surface area contributed by atoms with Crippen molar-refractivity contribution in [1.82, 2.24) is 4.85 Å². The summed E-state index contributed by atoms with van der Waals surface area (Å²) in [6.45, 7) is 0. The van der Waals surface area contributed by atoms with E-state index in [1.807, 2.05) is 18.2 Å². The van der Waals surface area contributed by atoms with Gasteiger partial charge in [-0.15, -0.1) is 0 Å². The van der Waals surface area contributed by atoms with E-state index in [0.29, 0.717) is 28.2 Å². The van der Waals surface area contributed by atoms with E-state index in [2.05, 4.69) is 4.85 Å². The fourth-order valence-electron chi connectivity index (χ4n) is 3.23. The second-order valence-electron chi connectivity index (χ2n) is 6.04. The molecule has 1 aliphatic heterocycles. The zero-order valence-corrected chi connectivity index (χ0v) is 14.4. The van der Waals surface area contributed by atoms with Crippen molar-refractivity contribution in [3.8, 4) is 22.5 Å². The molecule has 0 aromatic heterocycles. The van der Waals surface area contributed by atoms with E-state index in [0.717, 1.165) is 16.5 Å². The number of carbonyl (C=O) groups is 1. The number of nitroso groups, excluding NO2 is 1. The lowest BCUT2D eigenvalue weighted by Gasteiger charge is -2.16. The number of nitrogens with zero attached hydrogens (tertiary/aromatic N) is 1. The van der Waals surface area contributed by atoms with Gasteiger partial charge in [0.25, 0.3) is 0 Å². The van der Waals surface area contributed by atoms with Gasteiger partial charge in [-0.05, 0) is 29.8 Å². The molecule has 27 heavy (non-hydrogen) atoms. The quantitative estimate of drug-likeness (QED) is 0.256. The van der Waals surface area contributed by atoms with Crippen molar-refractivity contribution in [3.63, 3.8) is 0 Å². The van der Waals surface area contributed by atoms with Crippen molar-refractivity contribution in [1.29, 1.82) is 0 Å². The highest BCUT2D eigenvalue weighted by Crippen LogP contribution is 2.41. The lowest BCUT2D eigenvalue weighted by atomic mass is 9.91. The molecule has 4 rings (SSSR count). The molecule has 0 atom stereocenters. The third-order valence-electron chi connectivity index (χ3n) is 4.44. The maximum Gasteiger partial charge on any atom is 0.400 e. The summed E-state index contributed by atoms with van der Waals surface area (Å²) < 4.78 is 10.9. The topological polar surface area (TPSA) is 96.6 Å². The number of nitrogens with two attached hydrogens (primary N) is 1. The number of nitrogen functional groups attached to an aromatic ring is 1. The van der Waals surface area contributed by atoms with Crippen LogP contribution in [-0.4, -0.2) is 13.1 Å². The zero-order valence-electron chi connectivity index (χ0n) is 14.4. The van der Waals surface area contributed by atoms with Crippen LogP contribution in [0.5, 0.6) is 0 Å². The molecular weight excluding hydrogens is 344 g/mol. The molecule has 0 amide bonds. The van der Waals surface area contributed by atoms with E-state index in [-0.39, 0.29) is 5.36 Å². The average Bonchev–Trinajstić information content (AvgIpc) is 2.70. The molecule has 0 saturated carbocycles. The van der Waals surface area contributed by atoms with E-state index in [1.54, 1.807) is 42.5 Å². The molecule has 0 saturated heterocycles. The predicted molar refractivity (Wildman–Crippen MR) is 103 cm³/mol. The van der Waals surface area contributed by atoms with Crippen LogP contribution in [0.25, 0.3) is 33.4 Å². The van der Waals surface area contributed by atoms with Gasteiger partial charge in [-0.25, -0.2) is 4.79 Å². The minimum absolute atomic E-state index is 0.252. The number of esters is 1. The minimum Gasteiger partial charge on any atom is -0.465 e. The molecule has 132 valence electrons. The van der Waals surface area contributed by atoms with Crippen LogP contribution in [0.1, 0.15) is 10.4 Å². The highest BCUT2D eigenvalue weighted by Gasteiger charge is 2.22. The molecule has 2 N–H and O–H groups in total. The number of carbonyl (C=O) groups excluding carboxylic acids is 1. The van der Waals surface area contributed by atoms with E-state index in [1.165, 1.54) is 7.11 Å². The third kappa shape index (κ3) is 2.74. The second-order valence-corrected chi connectivity index (χ2v) is 6.04. The number of ether oxygens (including phenoxy) is 1. The number of hydrogen-bond acceptors (Lipinski definition) is 5. The molecule has 6 heteroatoms. The number of hydrogen-bond donors (Lipinski definition) is 1. The van der Waals surface area contributed by atoms with Crippen LogP contribution in [0.3, 0.4) is 0 Å². The second kappa shape index (κ2) is 6.44. The van der Waals surface area contributed by atoms with Gasteiger partial charge < -0.3 is 14.9 Å². The Bertz CT molecular complexity index is 1250. The molecule has 0 fully saturated rings. The van der Waals surface area contributed by atoms with Crippen LogP contribution in [0.2, 0.25) is 0 Å². The van der Waals surface area contributed by atoms with Crippen LogP contribution < -0.4 is 15.9 Å². The van der Waals surface area contributed by atoms with Gasteiger partial charge in [-0.2, -0.15) is 0 Å². The number of rotatable bonds is 2. The monoisotopic (exact) mass is 359 g/mol. The van der Waals surface area contributed by atoms with Crippen molar-refractivity contribution in [2.75, 3.05) is 12.8 Å². The molecule has 2 aromatic carbocycles. The minimum atomic E-state index is -0.436. The lowest BCUT2D eigenvalue weighted by Crippen LogP contribution is -2.07. The molecule has 1 aliphatic carbocycles. The maximum absolute atomic E-state index is 12.3. The van der Waals surface area contributed by atoms with Crippen LogP contribution in [0, 0.1) is 4.91 Å². The van der Waals surface area contributed by atoms with Crippen molar-refractivity contribution in [3.05, 3.63) is 76.5 Å². The first kappa shape index (κ1) is 16.6. The summed E-state index contributed by atoms with van der Waals surface area (Å²) in [6, 6.07) is 17.5. The van der Waals surface area contributed by atoms with Gasteiger partial charge in [0.05, 0.1) is 18.7 Å². The number of methoxy groups -OCH3 is 1. The van der Waals surface area contributed by atoms with Crippen LogP contribution in [-0.2, 0) is 4.74 Å². The fourth-order valence-corrected chi connectivity index (χ4v) is 3.23. The van der Waals surface area contributed by atoms with E-state index in [9.17, 15) is 9.70 Å². The number of anilines is 1. The highest BCUT2D eigenvalue weighted by atomic mass is 16.5. The zero-order chi connectivity index (χ0) is 19.0. The van der Waals surface area contributed by atoms with Gasteiger partial charge in [0.2, 0.25) is 4.85 Å². The van der Waals surface area contributed by atoms with Crippen molar-refractivity contribution < 1.29 is 13.9 Å². The van der Waals surface area contributed by atoms with Gasteiger partial charge in [-0.1, -0.05) is 18.2 Å². The predicted octanol–water partition coefficient (Wildman–Crippen LogP) is 3.31. The lowest BCUT2D eigenvalue weighted by molar-refractivity contribution is 0.0601. The molecule has 2 aromatic rings. The van der Waals surface area contributed by atoms with Crippen molar-refractivity contribution >= 4 is 22.6 Å². The normalized spacial score (nSPS) is 10.7. The molecule has 1 heterocycles. The van der Waals surface area contributed by atoms with Crippen LogP contribution >= 0.6 is 0 Å². The molecule has 0 spiro atoms. The first-order chi connectivity index (χ1) is 13.1. The van der Waals surface area contributed by atoms with Gasteiger partial charge in [0.1, 0.15) is 11.3 Å². The molecule has 0 radical (unpaired) electrons. The Kier molecular flexibility index (Phi) is 3.95. The molecule has 6 nitrogen and oxygen atoms in total. The Hall–Kier alpha value is -3.89. The Balaban J connectivity index is 2.19. The summed E-state index contributed by atoms with van der Waals surface area (Å²) in [6.07, 6.45) is 0. The van der Waals surface area contributed by atoms with Crippen molar-refractivity contribution in [2.24, 2.45) is 0 Å². The third-order valence-corrected chi connectivity index (χ3v) is 4.44. The fraction of sp³-hybridized carbons (Fsp3) is 0.0476. The summed E-state index contributed by atoms with van der Waals surface area (Å²) in [4.78, 5) is 26.2. The Labute approximate surface area is 153 Å². The molecular formula is C21H15N2O4+. The first-order valence-electron chi connectivity index (χ1n) is 8.22. The summed E-state index contributed by atoms with van der Waals surface area (Å²) in [7, 11) is 1.35. The largest absolute Gasteiger partial charge is 0.465 e. The summed E-state index contributed by atoms with van der Waals surface area (Å²) in [5.41, 5.74) is 9.67. The smallest absolute Gasteiger partial charge is 0.400 e. The summed E-state index contributed by atoms with van der Waals surface area (Å²) in [5, 5.41) is 1.04. The SMILES string of the molecule is COC(=O)c1ccccc1-c1c2ccc(=[N+]=O)cc-2oc2cc(N)ccc12. The van der Waals surface area contributed by atoms with Crippen LogP contribution in [0.4, 0.5) is 5.69 Å². The number of fused-ring (bicyclic) bond motifs is 2. The summed E-state index contributed by atoms with van der Waals surface area (Å²) >= 11 is 0. The molecule has 2 aliphatic rings. The average molecular weight is 359 g/mol. The molecule has 0 unspecified atom stereocenters. The van der Waals surface area contributed by atoms with Crippen LogP contribution in [0.15, 0.2) is 65.1 Å². The van der Waals surface area contributed by atoms with E-state index < -0.39 is 5.97 Å². The van der Waals surface area contributed by atoms with E-state index >= 15 is 0 Å². The Morgan fingerprint density at radius 1 is 1.04 bits per heavy atom. The highest BCUT2D eigenvalue weighted by molar-refractivity contribution is 6.08. The van der Waals surface area contributed by atoms with Gasteiger partial charge in [-0.3, -0.25) is 0 Å². The van der Waals surface area contributed by atoms with E-state index in [4.69, 9.17) is 14.9 Å². The summed E-state index contributed by atoms with van der Waals surface area (Å²) in [5.74, 6) is 0.0363. The van der Waals surface area contributed by atoms with Gasteiger partial charge in [0.15, 0.2) is 4.91 Å². The van der Waals surface area contributed by atoms with Gasteiger partial charge in [0, 0.05) is 34.3 Å². The Morgan fingerprint density at radius 3 is 2.63 bits per heavy atom. The first-order valence-corrected chi connectivity index (χ1v) is 8.22. The Morgan fingerprint density at radius 2 is 1.85 bits per heavy atom. The maximum atomic E-state index is 12.3. The molecule has 0 bridgehead atoms. The van der Waals surface area contributed by atoms with Gasteiger partial charge >= 0.3 is 11.3 Å². The number of benzene rings is 3. The standard InChI is InChI=1S/C21H14N2O4/c1-26-21(24)15-5-3-2-4-14(15)20-16-8-6-12(22)10-18(16)27-19-11-13(23-25)7-9-17(19)20/h2-11,22H,1H3/p+1.